The smallest absolute Gasteiger partial charge is 0.0708 e. The molecule has 0 bridgehead atoms. The van der Waals surface area contributed by atoms with E-state index in [2.05, 4.69) is 47.8 Å². The molecule has 1 unspecified atom stereocenters. The first-order chi connectivity index (χ1) is 10.4. The predicted molar refractivity (Wildman–Crippen MR) is 89.3 cm³/mol. The topological polar surface area (TPSA) is 24.9 Å². The highest BCUT2D eigenvalue weighted by Gasteiger charge is 2.17. The summed E-state index contributed by atoms with van der Waals surface area (Å²) in [7, 11) is 2.04. The van der Waals surface area contributed by atoms with Crippen molar-refractivity contribution in [3.05, 3.63) is 53.7 Å². The minimum absolute atomic E-state index is 0.257. The second-order valence-corrected chi connectivity index (χ2v) is 5.88. The van der Waals surface area contributed by atoms with Gasteiger partial charge in [0.15, 0.2) is 0 Å². The number of fused-ring (bicyclic) bond motifs is 1. The van der Waals surface area contributed by atoms with E-state index in [4.69, 9.17) is 4.98 Å². The van der Waals surface area contributed by atoms with E-state index < -0.39 is 0 Å². The number of nitrogens with one attached hydrogen (secondary N) is 1. The Morgan fingerprint density at radius 1 is 1.00 bits per heavy atom. The molecule has 1 aromatic carbocycles. The summed E-state index contributed by atoms with van der Waals surface area (Å²) >= 11 is 0. The number of benzene rings is 1. The molecule has 1 aliphatic carbocycles. The molecular weight excluding hydrogens is 256 g/mol. The maximum atomic E-state index is 4.87. The van der Waals surface area contributed by atoms with Crippen molar-refractivity contribution in [1.82, 2.24) is 10.3 Å². The monoisotopic (exact) mass is 280 g/mol. The SMILES string of the molecule is CNC(/C1=C/CCCCCC1)c1ccc2ccccc2n1. The Morgan fingerprint density at radius 2 is 1.86 bits per heavy atom. The Morgan fingerprint density at radius 3 is 2.76 bits per heavy atom. The van der Waals surface area contributed by atoms with Crippen molar-refractivity contribution >= 4 is 10.9 Å². The number of rotatable bonds is 3. The first-order valence-electron chi connectivity index (χ1n) is 8.10. The minimum atomic E-state index is 0.257. The van der Waals surface area contributed by atoms with E-state index in [1.54, 1.807) is 0 Å². The summed E-state index contributed by atoms with van der Waals surface area (Å²) in [5.74, 6) is 0. The van der Waals surface area contributed by atoms with Crippen LogP contribution in [0.2, 0.25) is 0 Å². The molecule has 0 amide bonds. The van der Waals surface area contributed by atoms with Crippen LogP contribution in [0.4, 0.5) is 0 Å². The second kappa shape index (κ2) is 6.86. The van der Waals surface area contributed by atoms with Crippen LogP contribution in [0.1, 0.15) is 50.3 Å². The van der Waals surface area contributed by atoms with Crippen molar-refractivity contribution in [2.45, 2.75) is 44.6 Å². The summed E-state index contributed by atoms with van der Waals surface area (Å²) in [6, 6.07) is 13.0. The van der Waals surface area contributed by atoms with Crippen LogP contribution in [0.25, 0.3) is 10.9 Å². The van der Waals surface area contributed by atoms with Gasteiger partial charge in [-0.2, -0.15) is 0 Å². The highest BCUT2D eigenvalue weighted by Crippen LogP contribution is 2.28. The highest BCUT2D eigenvalue weighted by molar-refractivity contribution is 5.78. The minimum Gasteiger partial charge on any atom is -0.308 e. The summed E-state index contributed by atoms with van der Waals surface area (Å²) in [5.41, 5.74) is 3.74. The Hall–Kier alpha value is -1.67. The van der Waals surface area contributed by atoms with E-state index in [9.17, 15) is 0 Å². The lowest BCUT2D eigenvalue weighted by Crippen LogP contribution is -2.20. The van der Waals surface area contributed by atoms with Gasteiger partial charge in [-0.15, -0.1) is 0 Å². The second-order valence-electron chi connectivity index (χ2n) is 5.88. The van der Waals surface area contributed by atoms with Crippen LogP contribution in [-0.2, 0) is 0 Å². The number of aromatic nitrogens is 1. The zero-order valence-corrected chi connectivity index (χ0v) is 12.8. The Balaban J connectivity index is 1.92. The number of allylic oxidation sites excluding steroid dienone is 1. The number of para-hydroxylation sites is 1. The summed E-state index contributed by atoms with van der Waals surface area (Å²) in [5, 5.41) is 4.68. The van der Waals surface area contributed by atoms with Crippen LogP contribution >= 0.6 is 0 Å². The van der Waals surface area contributed by atoms with Gasteiger partial charge in [-0.1, -0.05) is 48.8 Å². The van der Waals surface area contributed by atoms with Crippen LogP contribution in [0.5, 0.6) is 0 Å². The van der Waals surface area contributed by atoms with Crippen molar-refractivity contribution in [2.75, 3.05) is 7.05 Å². The molecule has 0 aliphatic heterocycles. The van der Waals surface area contributed by atoms with Gasteiger partial charge >= 0.3 is 0 Å². The fourth-order valence-corrected chi connectivity index (χ4v) is 3.24. The van der Waals surface area contributed by atoms with Gasteiger partial charge < -0.3 is 5.32 Å². The Bertz CT molecular complexity index is 630. The lowest BCUT2D eigenvalue weighted by Gasteiger charge is -2.21. The van der Waals surface area contributed by atoms with Crippen molar-refractivity contribution in [1.29, 1.82) is 0 Å². The van der Waals surface area contributed by atoms with Gasteiger partial charge in [0.2, 0.25) is 0 Å². The summed E-state index contributed by atoms with van der Waals surface area (Å²) in [6.07, 6.45) is 10.2. The molecule has 1 atom stereocenters. The Labute approximate surface area is 127 Å². The Kier molecular flexibility index (Phi) is 4.66. The molecule has 2 heteroatoms. The quantitative estimate of drug-likeness (QED) is 0.819. The van der Waals surface area contributed by atoms with Crippen LogP contribution in [0.15, 0.2) is 48.0 Å². The summed E-state index contributed by atoms with van der Waals surface area (Å²) in [6.45, 7) is 0. The fraction of sp³-hybridized carbons (Fsp3) is 0.421. The number of hydrogen-bond donors (Lipinski definition) is 1. The molecule has 0 saturated heterocycles. The van der Waals surface area contributed by atoms with Gasteiger partial charge in [0, 0.05) is 5.39 Å². The molecule has 1 N–H and O–H groups in total. The van der Waals surface area contributed by atoms with E-state index in [0.29, 0.717) is 0 Å². The maximum absolute atomic E-state index is 4.87. The van der Waals surface area contributed by atoms with Crippen molar-refractivity contribution in [3.63, 3.8) is 0 Å². The van der Waals surface area contributed by atoms with Gasteiger partial charge in [0.1, 0.15) is 0 Å². The van der Waals surface area contributed by atoms with Crippen LogP contribution in [0, 0.1) is 0 Å². The lowest BCUT2D eigenvalue weighted by atomic mass is 9.93. The zero-order chi connectivity index (χ0) is 14.5. The zero-order valence-electron chi connectivity index (χ0n) is 12.8. The number of hydrogen-bond acceptors (Lipinski definition) is 2. The molecule has 1 heterocycles. The first kappa shape index (κ1) is 14.3. The third kappa shape index (κ3) is 3.33. The van der Waals surface area contributed by atoms with E-state index in [-0.39, 0.29) is 6.04 Å². The average Bonchev–Trinajstić information content (AvgIpc) is 2.49. The largest absolute Gasteiger partial charge is 0.308 e. The van der Waals surface area contributed by atoms with E-state index in [1.165, 1.54) is 49.5 Å². The highest BCUT2D eigenvalue weighted by atomic mass is 14.9. The van der Waals surface area contributed by atoms with Crippen LogP contribution < -0.4 is 5.32 Å². The van der Waals surface area contributed by atoms with Gasteiger partial charge in [-0.3, -0.25) is 4.98 Å². The third-order valence-electron chi connectivity index (χ3n) is 4.40. The van der Waals surface area contributed by atoms with Crippen molar-refractivity contribution < 1.29 is 0 Å². The molecule has 2 aromatic rings. The molecule has 1 aliphatic rings. The van der Waals surface area contributed by atoms with E-state index in [1.807, 2.05) is 7.05 Å². The third-order valence-corrected chi connectivity index (χ3v) is 4.40. The number of nitrogens with zero attached hydrogens (tertiary/aromatic N) is 1. The summed E-state index contributed by atoms with van der Waals surface area (Å²) < 4.78 is 0. The molecule has 21 heavy (non-hydrogen) atoms. The molecule has 0 saturated carbocycles. The molecule has 0 spiro atoms. The van der Waals surface area contributed by atoms with E-state index in [0.717, 1.165) is 11.2 Å². The van der Waals surface area contributed by atoms with Gasteiger partial charge in [-0.25, -0.2) is 0 Å². The summed E-state index contributed by atoms with van der Waals surface area (Å²) in [4.78, 5) is 4.87. The number of likely N-dealkylation sites (N-methyl/N-ethyl adjacent to an activating group) is 1. The lowest BCUT2D eigenvalue weighted by molar-refractivity contribution is 0.568. The molecule has 0 radical (unpaired) electrons. The standard InChI is InChI=1S/C19H24N2/c1-20-19(16-10-5-3-2-4-6-11-16)18-14-13-15-9-7-8-12-17(15)21-18/h7-10,12-14,19-20H,2-6,11H2,1H3/b16-10+. The first-order valence-corrected chi connectivity index (χ1v) is 8.10. The van der Waals surface area contributed by atoms with Gasteiger partial charge in [0.05, 0.1) is 17.3 Å². The van der Waals surface area contributed by atoms with Gasteiger partial charge in [-0.05, 0) is 44.9 Å². The van der Waals surface area contributed by atoms with Crippen LogP contribution in [-0.4, -0.2) is 12.0 Å². The molecule has 110 valence electrons. The van der Waals surface area contributed by atoms with Crippen molar-refractivity contribution in [3.8, 4) is 0 Å². The fourth-order valence-electron chi connectivity index (χ4n) is 3.24. The molecular formula is C19H24N2. The van der Waals surface area contributed by atoms with Gasteiger partial charge in [0.25, 0.3) is 0 Å². The molecule has 2 nitrogen and oxygen atoms in total. The maximum Gasteiger partial charge on any atom is 0.0708 e. The van der Waals surface area contributed by atoms with E-state index >= 15 is 0 Å². The van der Waals surface area contributed by atoms with Crippen LogP contribution in [0.3, 0.4) is 0 Å². The normalized spacial score (nSPS) is 20.3. The molecule has 3 rings (SSSR count). The number of pyridine rings is 1. The van der Waals surface area contributed by atoms with Crippen molar-refractivity contribution in [2.24, 2.45) is 0 Å². The average molecular weight is 280 g/mol. The molecule has 0 fully saturated rings. The predicted octanol–water partition coefficient (Wildman–Crippen LogP) is 4.78. The molecule has 1 aromatic heterocycles.